The second-order valence-corrected chi connectivity index (χ2v) is 5.21. The summed E-state index contributed by atoms with van der Waals surface area (Å²) >= 11 is 0. The first-order valence-electron chi connectivity index (χ1n) is 6.89. The van der Waals surface area contributed by atoms with Crippen molar-refractivity contribution in [2.75, 3.05) is 11.1 Å². The van der Waals surface area contributed by atoms with Gasteiger partial charge in [0, 0.05) is 17.4 Å². The number of rotatable bonds is 2. The van der Waals surface area contributed by atoms with Crippen LogP contribution in [0, 0.1) is 6.92 Å². The van der Waals surface area contributed by atoms with Gasteiger partial charge in [-0.2, -0.15) is 0 Å². The fraction of sp³-hybridized carbons (Fsp3) is 0.600. The molecule has 0 heterocycles. The lowest BCUT2D eigenvalue weighted by Gasteiger charge is -2.23. The molecule has 1 aromatic rings. The minimum atomic E-state index is 0.635. The highest BCUT2D eigenvalue weighted by molar-refractivity contribution is 5.63. The van der Waals surface area contributed by atoms with Crippen LogP contribution < -0.4 is 11.1 Å². The van der Waals surface area contributed by atoms with E-state index < -0.39 is 0 Å². The van der Waals surface area contributed by atoms with Crippen molar-refractivity contribution in [3.63, 3.8) is 0 Å². The SMILES string of the molecule is Cc1c(N)cccc1NC1CCCCCCC1. The highest BCUT2D eigenvalue weighted by Crippen LogP contribution is 2.25. The van der Waals surface area contributed by atoms with Gasteiger partial charge in [0.1, 0.15) is 0 Å². The van der Waals surface area contributed by atoms with Crippen molar-refractivity contribution in [1.29, 1.82) is 0 Å². The fourth-order valence-electron chi connectivity index (χ4n) is 2.63. The van der Waals surface area contributed by atoms with Crippen LogP contribution in [-0.2, 0) is 0 Å². The standard InChI is InChI=1S/C15H24N2/c1-12-14(16)10-7-11-15(12)17-13-8-5-3-2-4-6-9-13/h7,10-11,13,17H,2-6,8-9,16H2,1H3. The van der Waals surface area contributed by atoms with E-state index in [-0.39, 0.29) is 0 Å². The van der Waals surface area contributed by atoms with E-state index >= 15 is 0 Å². The third-order valence-electron chi connectivity index (χ3n) is 3.84. The van der Waals surface area contributed by atoms with Crippen LogP contribution >= 0.6 is 0 Å². The summed E-state index contributed by atoms with van der Waals surface area (Å²) in [7, 11) is 0. The van der Waals surface area contributed by atoms with E-state index in [1.165, 1.54) is 56.2 Å². The number of hydrogen-bond donors (Lipinski definition) is 2. The van der Waals surface area contributed by atoms with Gasteiger partial charge in [-0.05, 0) is 37.5 Å². The number of nitrogens with one attached hydrogen (secondary N) is 1. The van der Waals surface area contributed by atoms with Crippen LogP contribution in [0.1, 0.15) is 50.5 Å². The molecule has 1 aliphatic rings. The minimum Gasteiger partial charge on any atom is -0.398 e. The van der Waals surface area contributed by atoms with Gasteiger partial charge < -0.3 is 11.1 Å². The molecule has 0 atom stereocenters. The van der Waals surface area contributed by atoms with Crippen molar-refractivity contribution in [2.24, 2.45) is 0 Å². The molecule has 0 aromatic heterocycles. The van der Waals surface area contributed by atoms with E-state index in [9.17, 15) is 0 Å². The second kappa shape index (κ2) is 5.95. The molecular weight excluding hydrogens is 208 g/mol. The summed E-state index contributed by atoms with van der Waals surface area (Å²) in [5, 5.41) is 3.68. The van der Waals surface area contributed by atoms with E-state index in [2.05, 4.69) is 18.3 Å². The number of hydrogen-bond acceptors (Lipinski definition) is 2. The topological polar surface area (TPSA) is 38.0 Å². The monoisotopic (exact) mass is 232 g/mol. The first-order valence-corrected chi connectivity index (χ1v) is 6.89. The summed E-state index contributed by atoms with van der Waals surface area (Å²) in [6.07, 6.45) is 9.53. The van der Waals surface area contributed by atoms with Crippen molar-refractivity contribution in [1.82, 2.24) is 0 Å². The molecule has 3 N–H and O–H groups in total. The van der Waals surface area contributed by atoms with Gasteiger partial charge in [0.05, 0.1) is 0 Å². The van der Waals surface area contributed by atoms with Crippen LogP contribution in [0.4, 0.5) is 11.4 Å². The average molecular weight is 232 g/mol. The van der Waals surface area contributed by atoms with Crippen LogP contribution in [0.3, 0.4) is 0 Å². The van der Waals surface area contributed by atoms with Gasteiger partial charge in [-0.3, -0.25) is 0 Å². The predicted molar refractivity (Wildman–Crippen MR) is 75.3 cm³/mol. The highest BCUT2D eigenvalue weighted by atomic mass is 14.9. The molecule has 2 nitrogen and oxygen atoms in total. The molecular formula is C15H24N2. The number of benzene rings is 1. The maximum Gasteiger partial charge on any atom is 0.0392 e. The molecule has 0 unspecified atom stereocenters. The lowest BCUT2D eigenvalue weighted by Crippen LogP contribution is -2.21. The van der Waals surface area contributed by atoms with E-state index in [0.717, 1.165) is 5.69 Å². The Morgan fingerprint density at radius 1 is 1.06 bits per heavy atom. The zero-order chi connectivity index (χ0) is 12.1. The Labute approximate surface area is 105 Å². The zero-order valence-electron chi connectivity index (χ0n) is 10.8. The summed E-state index contributed by atoms with van der Waals surface area (Å²) in [6, 6.07) is 6.78. The molecule has 0 aliphatic heterocycles. The molecule has 17 heavy (non-hydrogen) atoms. The Morgan fingerprint density at radius 3 is 2.41 bits per heavy atom. The molecule has 1 saturated carbocycles. The third-order valence-corrected chi connectivity index (χ3v) is 3.84. The van der Waals surface area contributed by atoms with Crippen molar-refractivity contribution in [3.8, 4) is 0 Å². The van der Waals surface area contributed by atoms with Gasteiger partial charge >= 0.3 is 0 Å². The van der Waals surface area contributed by atoms with Gasteiger partial charge in [0.15, 0.2) is 0 Å². The summed E-state index contributed by atoms with van der Waals surface area (Å²) in [5.41, 5.74) is 9.24. The fourth-order valence-corrected chi connectivity index (χ4v) is 2.63. The molecule has 1 aliphatic carbocycles. The highest BCUT2D eigenvalue weighted by Gasteiger charge is 2.12. The van der Waals surface area contributed by atoms with E-state index in [0.29, 0.717) is 6.04 Å². The Bertz CT molecular complexity index is 352. The quantitative estimate of drug-likeness (QED) is 0.753. The van der Waals surface area contributed by atoms with Gasteiger partial charge in [-0.1, -0.05) is 38.2 Å². The molecule has 0 saturated heterocycles. The Balaban J connectivity index is 2.00. The van der Waals surface area contributed by atoms with Crippen LogP contribution in [0.5, 0.6) is 0 Å². The van der Waals surface area contributed by atoms with Crippen LogP contribution in [0.15, 0.2) is 18.2 Å². The minimum absolute atomic E-state index is 0.635. The Hall–Kier alpha value is -1.18. The smallest absolute Gasteiger partial charge is 0.0392 e. The average Bonchev–Trinajstić information content (AvgIpc) is 2.28. The third kappa shape index (κ3) is 3.39. The molecule has 0 radical (unpaired) electrons. The van der Waals surface area contributed by atoms with E-state index in [4.69, 9.17) is 5.73 Å². The number of nitrogen functional groups attached to an aromatic ring is 1. The molecule has 2 heteroatoms. The predicted octanol–water partition coefficient (Wildman–Crippen LogP) is 4.10. The van der Waals surface area contributed by atoms with Crippen molar-refractivity contribution in [3.05, 3.63) is 23.8 Å². The van der Waals surface area contributed by atoms with Crippen LogP contribution in [0.2, 0.25) is 0 Å². The first kappa shape index (κ1) is 12.3. The maximum atomic E-state index is 5.94. The molecule has 1 aromatic carbocycles. The normalized spacial score (nSPS) is 18.4. The summed E-state index contributed by atoms with van der Waals surface area (Å²) < 4.78 is 0. The summed E-state index contributed by atoms with van der Waals surface area (Å²) in [4.78, 5) is 0. The molecule has 1 fully saturated rings. The Kier molecular flexibility index (Phi) is 4.29. The van der Waals surface area contributed by atoms with E-state index in [1.54, 1.807) is 0 Å². The first-order chi connectivity index (χ1) is 8.27. The van der Waals surface area contributed by atoms with E-state index in [1.807, 2.05) is 12.1 Å². The molecule has 94 valence electrons. The second-order valence-electron chi connectivity index (χ2n) is 5.21. The van der Waals surface area contributed by atoms with Crippen LogP contribution in [0.25, 0.3) is 0 Å². The molecule has 0 bridgehead atoms. The van der Waals surface area contributed by atoms with Crippen molar-refractivity contribution < 1.29 is 0 Å². The van der Waals surface area contributed by atoms with Crippen LogP contribution in [-0.4, -0.2) is 6.04 Å². The van der Waals surface area contributed by atoms with Gasteiger partial charge in [-0.15, -0.1) is 0 Å². The number of anilines is 2. The summed E-state index contributed by atoms with van der Waals surface area (Å²) in [5.74, 6) is 0. The Morgan fingerprint density at radius 2 is 1.71 bits per heavy atom. The molecule has 2 rings (SSSR count). The van der Waals surface area contributed by atoms with Gasteiger partial charge in [0.25, 0.3) is 0 Å². The van der Waals surface area contributed by atoms with Crippen molar-refractivity contribution >= 4 is 11.4 Å². The lowest BCUT2D eigenvalue weighted by molar-refractivity contribution is 0.471. The maximum absolute atomic E-state index is 5.94. The number of nitrogens with two attached hydrogens (primary N) is 1. The van der Waals surface area contributed by atoms with Gasteiger partial charge in [-0.25, -0.2) is 0 Å². The lowest BCUT2D eigenvalue weighted by atomic mass is 9.96. The van der Waals surface area contributed by atoms with Gasteiger partial charge in [0.2, 0.25) is 0 Å². The van der Waals surface area contributed by atoms with Crippen molar-refractivity contribution in [2.45, 2.75) is 57.9 Å². The molecule has 0 amide bonds. The zero-order valence-corrected chi connectivity index (χ0v) is 10.8. The largest absolute Gasteiger partial charge is 0.398 e. The summed E-state index contributed by atoms with van der Waals surface area (Å²) in [6.45, 7) is 2.10. The molecule has 0 spiro atoms.